The van der Waals surface area contributed by atoms with E-state index in [1.807, 2.05) is 18.2 Å². The van der Waals surface area contributed by atoms with Gasteiger partial charge in [0.15, 0.2) is 0 Å². The van der Waals surface area contributed by atoms with Gasteiger partial charge in [-0.3, -0.25) is 0 Å². The molecule has 7 heteroatoms. The van der Waals surface area contributed by atoms with E-state index in [2.05, 4.69) is 40.7 Å². The van der Waals surface area contributed by atoms with Gasteiger partial charge in [-0.1, -0.05) is 6.07 Å². The fraction of sp³-hybridized carbons (Fsp3) is 0.235. The predicted molar refractivity (Wildman–Crippen MR) is 95.9 cm³/mol. The molecule has 122 valence electrons. The topological polar surface area (TPSA) is 45.2 Å². The summed E-state index contributed by atoms with van der Waals surface area (Å²) in [5.74, 6) is 1.35. The van der Waals surface area contributed by atoms with Crippen LogP contribution in [0.5, 0.6) is 0 Å². The van der Waals surface area contributed by atoms with Gasteiger partial charge in [0.05, 0.1) is 10.9 Å². The Hall–Kier alpha value is -2.28. The van der Waals surface area contributed by atoms with Crippen molar-refractivity contribution in [2.75, 3.05) is 36.0 Å². The number of halogens is 2. The number of aromatic nitrogens is 3. The number of nitrogens with zero attached hydrogens (tertiary/aromatic N) is 5. The lowest BCUT2D eigenvalue weighted by Crippen LogP contribution is -2.47. The predicted octanol–water partition coefficient (Wildman–Crippen LogP) is 3.25. The molecule has 0 bridgehead atoms. The van der Waals surface area contributed by atoms with Crippen LogP contribution in [0.25, 0.3) is 10.9 Å². The minimum atomic E-state index is -0.278. The lowest BCUT2D eigenvalue weighted by Gasteiger charge is -2.36. The molecular weight excluding hydrogens is 373 g/mol. The van der Waals surface area contributed by atoms with E-state index >= 15 is 0 Å². The van der Waals surface area contributed by atoms with Crippen LogP contribution in [0.2, 0.25) is 0 Å². The highest BCUT2D eigenvalue weighted by Gasteiger charge is 2.22. The highest BCUT2D eigenvalue weighted by molar-refractivity contribution is 9.10. The number of hydrogen-bond donors (Lipinski definition) is 0. The minimum absolute atomic E-state index is 0.278. The molecule has 0 unspecified atom stereocenters. The molecule has 0 N–H and O–H groups in total. The van der Waals surface area contributed by atoms with E-state index in [1.54, 1.807) is 12.3 Å². The number of pyridine rings is 1. The summed E-state index contributed by atoms with van der Waals surface area (Å²) in [7, 11) is 0. The van der Waals surface area contributed by atoms with Crippen LogP contribution in [0.15, 0.2) is 47.3 Å². The van der Waals surface area contributed by atoms with E-state index in [4.69, 9.17) is 0 Å². The normalized spacial score (nSPS) is 15.1. The summed E-state index contributed by atoms with van der Waals surface area (Å²) in [6.45, 7) is 3.15. The van der Waals surface area contributed by atoms with Crippen LogP contribution < -0.4 is 9.80 Å². The molecule has 2 aromatic heterocycles. The zero-order valence-electron chi connectivity index (χ0n) is 12.9. The molecule has 0 saturated carbocycles. The zero-order chi connectivity index (χ0) is 16.5. The average Bonchev–Trinajstić information content (AvgIpc) is 2.62. The molecular formula is C17H15BrFN5. The molecule has 24 heavy (non-hydrogen) atoms. The molecule has 0 atom stereocenters. The Balaban J connectivity index is 1.57. The van der Waals surface area contributed by atoms with Crippen LogP contribution in [0, 0.1) is 5.82 Å². The highest BCUT2D eigenvalue weighted by Crippen LogP contribution is 2.27. The van der Waals surface area contributed by atoms with E-state index in [9.17, 15) is 4.39 Å². The Labute approximate surface area is 147 Å². The average molecular weight is 388 g/mol. The monoisotopic (exact) mass is 387 g/mol. The van der Waals surface area contributed by atoms with Crippen molar-refractivity contribution in [1.82, 2.24) is 15.0 Å². The molecule has 3 aromatic rings. The van der Waals surface area contributed by atoms with Crippen molar-refractivity contribution >= 4 is 38.5 Å². The van der Waals surface area contributed by atoms with Crippen molar-refractivity contribution in [2.45, 2.75) is 0 Å². The molecule has 0 aliphatic carbocycles. The third-order valence-corrected chi connectivity index (χ3v) is 4.68. The van der Waals surface area contributed by atoms with Crippen molar-refractivity contribution in [2.24, 2.45) is 0 Å². The molecule has 3 heterocycles. The first-order chi connectivity index (χ1) is 11.7. The molecule has 1 saturated heterocycles. The first-order valence-corrected chi connectivity index (χ1v) is 8.52. The first kappa shape index (κ1) is 15.3. The van der Waals surface area contributed by atoms with Gasteiger partial charge in [-0.2, -0.15) is 0 Å². The summed E-state index contributed by atoms with van der Waals surface area (Å²) < 4.78 is 15.2. The summed E-state index contributed by atoms with van der Waals surface area (Å²) in [6, 6.07) is 8.93. The molecule has 1 aliphatic rings. The summed E-state index contributed by atoms with van der Waals surface area (Å²) in [6.07, 6.45) is 3.30. The van der Waals surface area contributed by atoms with E-state index < -0.39 is 0 Å². The summed E-state index contributed by atoms with van der Waals surface area (Å²) in [5, 5.41) is 0.496. The lowest BCUT2D eigenvalue weighted by atomic mass is 10.2. The van der Waals surface area contributed by atoms with Gasteiger partial charge in [-0.05, 0) is 40.2 Å². The van der Waals surface area contributed by atoms with Crippen LogP contribution in [0.3, 0.4) is 0 Å². The van der Waals surface area contributed by atoms with E-state index in [0.717, 1.165) is 36.5 Å². The smallest absolute Gasteiger partial charge is 0.142 e. The van der Waals surface area contributed by atoms with Crippen LogP contribution >= 0.6 is 15.9 Å². The molecule has 4 rings (SSSR count). The van der Waals surface area contributed by atoms with Gasteiger partial charge in [-0.15, -0.1) is 0 Å². The quantitative estimate of drug-likeness (QED) is 0.675. The Bertz CT molecular complexity index is 857. The Kier molecular flexibility index (Phi) is 4.02. The standard InChI is InChI=1S/C17H15BrFN5/c18-12-4-5-15(20-10-12)23-6-8-24(9-7-23)17-16-13(19)2-1-3-14(16)21-11-22-17/h1-5,10-11H,6-9H2. The maximum atomic E-state index is 14.2. The van der Waals surface area contributed by atoms with Gasteiger partial charge in [0.25, 0.3) is 0 Å². The molecule has 1 aliphatic heterocycles. The Morgan fingerprint density at radius 1 is 0.917 bits per heavy atom. The minimum Gasteiger partial charge on any atom is -0.353 e. The zero-order valence-corrected chi connectivity index (χ0v) is 14.4. The van der Waals surface area contributed by atoms with Crippen molar-refractivity contribution in [3.05, 3.63) is 53.1 Å². The van der Waals surface area contributed by atoms with Crippen LogP contribution in [-0.2, 0) is 0 Å². The van der Waals surface area contributed by atoms with Crippen LogP contribution in [0.1, 0.15) is 0 Å². The molecule has 0 amide bonds. The third kappa shape index (κ3) is 2.80. The van der Waals surface area contributed by atoms with Crippen molar-refractivity contribution < 1.29 is 4.39 Å². The lowest BCUT2D eigenvalue weighted by molar-refractivity contribution is 0.628. The number of hydrogen-bond acceptors (Lipinski definition) is 5. The second-order valence-corrected chi connectivity index (χ2v) is 6.56. The maximum Gasteiger partial charge on any atom is 0.142 e. The molecule has 0 spiro atoms. The number of piperazine rings is 1. The van der Waals surface area contributed by atoms with Gasteiger partial charge in [0.1, 0.15) is 23.8 Å². The Morgan fingerprint density at radius 2 is 1.71 bits per heavy atom. The summed E-state index contributed by atoms with van der Waals surface area (Å²) in [5.41, 5.74) is 0.636. The van der Waals surface area contributed by atoms with Gasteiger partial charge < -0.3 is 9.80 Å². The largest absolute Gasteiger partial charge is 0.353 e. The number of fused-ring (bicyclic) bond motifs is 1. The van der Waals surface area contributed by atoms with E-state index in [0.29, 0.717) is 16.7 Å². The van der Waals surface area contributed by atoms with Gasteiger partial charge in [-0.25, -0.2) is 19.3 Å². The second-order valence-electron chi connectivity index (χ2n) is 5.64. The van der Waals surface area contributed by atoms with E-state index in [1.165, 1.54) is 12.4 Å². The van der Waals surface area contributed by atoms with Crippen molar-refractivity contribution in [1.29, 1.82) is 0 Å². The number of rotatable bonds is 2. The van der Waals surface area contributed by atoms with Crippen LogP contribution in [0.4, 0.5) is 16.0 Å². The van der Waals surface area contributed by atoms with Gasteiger partial charge in [0.2, 0.25) is 0 Å². The van der Waals surface area contributed by atoms with Crippen molar-refractivity contribution in [3.8, 4) is 0 Å². The van der Waals surface area contributed by atoms with Crippen LogP contribution in [-0.4, -0.2) is 41.1 Å². The molecule has 0 radical (unpaired) electrons. The maximum absolute atomic E-state index is 14.2. The number of benzene rings is 1. The fourth-order valence-electron chi connectivity index (χ4n) is 2.99. The van der Waals surface area contributed by atoms with Gasteiger partial charge >= 0.3 is 0 Å². The van der Waals surface area contributed by atoms with Crippen molar-refractivity contribution in [3.63, 3.8) is 0 Å². The summed E-state index contributed by atoms with van der Waals surface area (Å²) in [4.78, 5) is 17.3. The van der Waals surface area contributed by atoms with E-state index in [-0.39, 0.29) is 5.82 Å². The molecule has 1 aromatic carbocycles. The molecule has 1 fully saturated rings. The highest BCUT2D eigenvalue weighted by atomic mass is 79.9. The SMILES string of the molecule is Fc1cccc2ncnc(N3CCN(c4ccc(Br)cn4)CC3)c12. The third-order valence-electron chi connectivity index (χ3n) is 4.21. The first-order valence-electron chi connectivity index (χ1n) is 7.73. The van der Waals surface area contributed by atoms with Gasteiger partial charge in [0, 0.05) is 36.8 Å². The molecule has 5 nitrogen and oxygen atoms in total. The fourth-order valence-corrected chi connectivity index (χ4v) is 3.23. The Morgan fingerprint density at radius 3 is 2.46 bits per heavy atom. The second kappa shape index (κ2) is 6.32. The summed E-state index contributed by atoms with van der Waals surface area (Å²) >= 11 is 3.40. The number of anilines is 2.